The first-order valence-electron chi connectivity index (χ1n) is 7.39. The van der Waals surface area contributed by atoms with Crippen LogP contribution in [0.1, 0.15) is 43.3 Å². The molecule has 21 heavy (non-hydrogen) atoms. The van der Waals surface area contributed by atoms with E-state index in [0.29, 0.717) is 38.8 Å². The van der Waals surface area contributed by atoms with Crippen molar-refractivity contribution in [1.29, 1.82) is 0 Å². The molecule has 0 unspecified atom stereocenters. The van der Waals surface area contributed by atoms with E-state index in [4.69, 9.17) is 0 Å². The van der Waals surface area contributed by atoms with E-state index in [1.165, 1.54) is 0 Å². The number of carbonyl (C=O) groups is 2. The van der Waals surface area contributed by atoms with Crippen molar-refractivity contribution in [1.82, 2.24) is 9.88 Å². The second-order valence-electron chi connectivity index (χ2n) is 5.75. The van der Waals surface area contributed by atoms with E-state index in [2.05, 4.69) is 4.98 Å². The summed E-state index contributed by atoms with van der Waals surface area (Å²) < 4.78 is 0. The first kappa shape index (κ1) is 15.9. The molecule has 0 bridgehead atoms. The number of hydrogen-bond acceptors (Lipinski definition) is 4. The number of amides is 1. The van der Waals surface area contributed by atoms with Crippen LogP contribution in [0.2, 0.25) is 0 Å². The Morgan fingerprint density at radius 1 is 1.43 bits per heavy atom. The van der Waals surface area contributed by atoms with Gasteiger partial charge in [-0.2, -0.15) is 0 Å². The lowest BCUT2D eigenvalue weighted by atomic mass is 9.75. The molecule has 2 rings (SSSR count). The number of rotatable bonds is 5. The van der Waals surface area contributed by atoms with Crippen LogP contribution in [0.15, 0.2) is 5.38 Å². The van der Waals surface area contributed by atoms with Crippen molar-refractivity contribution in [2.24, 2.45) is 5.41 Å². The van der Waals surface area contributed by atoms with E-state index in [9.17, 15) is 14.7 Å². The Balaban J connectivity index is 1.93. The van der Waals surface area contributed by atoms with Gasteiger partial charge in [0.2, 0.25) is 5.91 Å². The number of aryl methyl sites for hydroxylation is 1. The van der Waals surface area contributed by atoms with Gasteiger partial charge in [-0.1, -0.05) is 13.3 Å². The summed E-state index contributed by atoms with van der Waals surface area (Å²) in [7, 11) is 0. The van der Waals surface area contributed by atoms with E-state index in [-0.39, 0.29) is 5.91 Å². The third kappa shape index (κ3) is 3.61. The maximum absolute atomic E-state index is 12.3. The zero-order chi connectivity index (χ0) is 15.5. The zero-order valence-corrected chi connectivity index (χ0v) is 13.4. The van der Waals surface area contributed by atoms with Gasteiger partial charge in [0.25, 0.3) is 0 Å². The molecule has 0 atom stereocenters. The molecule has 1 amide bonds. The quantitative estimate of drug-likeness (QED) is 0.907. The number of nitrogens with zero attached hydrogens (tertiary/aromatic N) is 2. The molecular formula is C15H22N2O3S. The molecule has 6 heteroatoms. The monoisotopic (exact) mass is 310 g/mol. The number of aliphatic carboxylic acids is 1. The minimum Gasteiger partial charge on any atom is -0.481 e. The molecule has 1 aromatic rings. The van der Waals surface area contributed by atoms with Crippen LogP contribution < -0.4 is 0 Å². The fourth-order valence-corrected chi connectivity index (χ4v) is 3.60. The van der Waals surface area contributed by atoms with E-state index in [1.807, 2.05) is 19.2 Å². The van der Waals surface area contributed by atoms with Crippen LogP contribution in [0.25, 0.3) is 0 Å². The highest BCUT2D eigenvalue weighted by atomic mass is 32.1. The van der Waals surface area contributed by atoms with Gasteiger partial charge in [-0.15, -0.1) is 11.3 Å². The van der Waals surface area contributed by atoms with Gasteiger partial charge in [-0.25, -0.2) is 4.98 Å². The highest BCUT2D eigenvalue weighted by Gasteiger charge is 2.41. The Kier molecular flexibility index (Phi) is 4.98. The number of likely N-dealkylation sites (tertiary alicyclic amines) is 1. The molecule has 1 aliphatic heterocycles. The summed E-state index contributed by atoms with van der Waals surface area (Å²) in [5.41, 5.74) is 0.175. The van der Waals surface area contributed by atoms with Crippen molar-refractivity contribution in [2.45, 2.75) is 46.0 Å². The molecule has 1 saturated heterocycles. The van der Waals surface area contributed by atoms with Gasteiger partial charge in [0.15, 0.2) is 0 Å². The van der Waals surface area contributed by atoms with Crippen LogP contribution in [0, 0.1) is 12.3 Å². The van der Waals surface area contributed by atoms with E-state index in [0.717, 1.165) is 17.1 Å². The molecule has 0 radical (unpaired) electrons. The summed E-state index contributed by atoms with van der Waals surface area (Å²) in [4.78, 5) is 29.9. The van der Waals surface area contributed by atoms with Crippen LogP contribution in [0.5, 0.6) is 0 Å². The van der Waals surface area contributed by atoms with Crippen LogP contribution in [0.4, 0.5) is 0 Å². The topological polar surface area (TPSA) is 70.5 Å². The van der Waals surface area contributed by atoms with Gasteiger partial charge >= 0.3 is 5.97 Å². The van der Waals surface area contributed by atoms with Gasteiger partial charge in [0.1, 0.15) is 0 Å². The molecule has 0 spiro atoms. The summed E-state index contributed by atoms with van der Waals surface area (Å²) in [5, 5.41) is 12.3. The number of thiazole rings is 1. The molecular weight excluding hydrogens is 288 g/mol. The first-order valence-corrected chi connectivity index (χ1v) is 8.27. The molecule has 5 nitrogen and oxygen atoms in total. The summed E-state index contributed by atoms with van der Waals surface area (Å²) in [6, 6.07) is 0. The molecule has 116 valence electrons. The minimum atomic E-state index is -0.716. The van der Waals surface area contributed by atoms with E-state index < -0.39 is 11.4 Å². The number of carboxylic acids is 1. The number of hydrogen-bond donors (Lipinski definition) is 1. The molecule has 1 aliphatic rings. The maximum atomic E-state index is 12.3. The van der Waals surface area contributed by atoms with Crippen molar-refractivity contribution in [2.75, 3.05) is 13.1 Å². The predicted octanol–water partition coefficient (Wildman–Crippen LogP) is 2.49. The lowest BCUT2D eigenvalue weighted by Crippen LogP contribution is -2.47. The highest BCUT2D eigenvalue weighted by molar-refractivity contribution is 7.09. The van der Waals surface area contributed by atoms with Gasteiger partial charge in [0, 0.05) is 18.5 Å². The molecule has 0 saturated carbocycles. The number of piperidine rings is 1. The smallest absolute Gasteiger partial charge is 0.309 e. The Bertz CT molecular complexity index is 519. The van der Waals surface area contributed by atoms with E-state index in [1.54, 1.807) is 16.2 Å². The SMILES string of the molecule is CCCC1(C(=O)O)CCN(C(=O)Cc2csc(C)n2)CC1. The van der Waals surface area contributed by atoms with Crippen molar-refractivity contribution in [3.63, 3.8) is 0 Å². The summed E-state index contributed by atoms with van der Waals surface area (Å²) >= 11 is 1.54. The fourth-order valence-electron chi connectivity index (χ4n) is 2.99. The largest absolute Gasteiger partial charge is 0.481 e. The molecule has 0 aliphatic carbocycles. The number of carboxylic acid groups (broad SMARTS) is 1. The lowest BCUT2D eigenvalue weighted by molar-refractivity contribution is -0.155. The van der Waals surface area contributed by atoms with Gasteiger partial charge in [0.05, 0.1) is 22.5 Å². The Hall–Kier alpha value is -1.43. The van der Waals surface area contributed by atoms with Crippen LogP contribution >= 0.6 is 11.3 Å². The third-order valence-electron chi connectivity index (χ3n) is 4.25. The molecule has 1 fully saturated rings. The van der Waals surface area contributed by atoms with Crippen LogP contribution in [0.3, 0.4) is 0 Å². The fraction of sp³-hybridized carbons (Fsp3) is 0.667. The van der Waals surface area contributed by atoms with Crippen molar-refractivity contribution in [3.8, 4) is 0 Å². The van der Waals surface area contributed by atoms with Crippen molar-refractivity contribution >= 4 is 23.2 Å². The Morgan fingerprint density at radius 2 is 2.10 bits per heavy atom. The third-order valence-corrected chi connectivity index (χ3v) is 5.08. The second-order valence-corrected chi connectivity index (χ2v) is 6.81. The van der Waals surface area contributed by atoms with Gasteiger partial charge in [-0.05, 0) is 26.2 Å². The molecule has 2 heterocycles. The average molecular weight is 310 g/mol. The summed E-state index contributed by atoms with van der Waals surface area (Å²) in [6.07, 6.45) is 2.97. The van der Waals surface area contributed by atoms with Crippen molar-refractivity contribution in [3.05, 3.63) is 16.1 Å². The minimum absolute atomic E-state index is 0.0517. The number of carbonyl (C=O) groups excluding carboxylic acids is 1. The maximum Gasteiger partial charge on any atom is 0.309 e. The predicted molar refractivity (Wildman–Crippen MR) is 81.3 cm³/mol. The van der Waals surface area contributed by atoms with Crippen LogP contribution in [-0.2, 0) is 16.0 Å². The molecule has 1 N–H and O–H groups in total. The standard InChI is InChI=1S/C15H22N2O3S/c1-3-4-15(14(19)20)5-7-17(8-6-15)13(18)9-12-10-21-11(2)16-12/h10H,3-9H2,1-2H3,(H,19,20). The Morgan fingerprint density at radius 3 is 2.57 bits per heavy atom. The second kappa shape index (κ2) is 6.56. The normalized spacial score (nSPS) is 17.7. The molecule has 0 aromatic carbocycles. The highest BCUT2D eigenvalue weighted by Crippen LogP contribution is 2.36. The first-order chi connectivity index (χ1) is 9.97. The number of aromatic nitrogens is 1. The van der Waals surface area contributed by atoms with E-state index >= 15 is 0 Å². The van der Waals surface area contributed by atoms with Gasteiger partial charge < -0.3 is 10.0 Å². The zero-order valence-electron chi connectivity index (χ0n) is 12.6. The van der Waals surface area contributed by atoms with Gasteiger partial charge in [-0.3, -0.25) is 9.59 Å². The van der Waals surface area contributed by atoms with Crippen LogP contribution in [-0.4, -0.2) is 40.0 Å². The van der Waals surface area contributed by atoms with Crippen molar-refractivity contribution < 1.29 is 14.7 Å². The summed E-state index contributed by atoms with van der Waals surface area (Å²) in [5.74, 6) is -0.664. The molecule has 1 aromatic heterocycles. The Labute approximate surface area is 129 Å². The lowest BCUT2D eigenvalue weighted by Gasteiger charge is -2.38. The average Bonchev–Trinajstić information content (AvgIpc) is 2.85. The summed E-state index contributed by atoms with van der Waals surface area (Å²) in [6.45, 7) is 5.00.